The molecule has 9 rings (SSSR count). The molecule has 0 spiro atoms. The molecule has 5 aliphatic rings. The predicted molar refractivity (Wildman–Crippen MR) is 254 cm³/mol. The van der Waals surface area contributed by atoms with E-state index in [2.05, 4.69) is 21.3 Å². The molecule has 16 nitrogen and oxygen atoms in total. The van der Waals surface area contributed by atoms with Gasteiger partial charge < -0.3 is 45.6 Å². The third kappa shape index (κ3) is 9.92. The molecule has 2 aromatic heterocycles. The van der Waals surface area contributed by atoms with Crippen molar-refractivity contribution in [1.29, 1.82) is 0 Å². The van der Waals surface area contributed by atoms with Gasteiger partial charge in [0.25, 0.3) is 5.91 Å². The highest BCUT2D eigenvalue weighted by molar-refractivity contribution is 7.14. The lowest BCUT2D eigenvalue weighted by Gasteiger charge is -2.39. The number of nitrogens with zero attached hydrogens (tertiary/aromatic N) is 4. The van der Waals surface area contributed by atoms with Gasteiger partial charge >= 0.3 is 12.0 Å². The number of fused-ring (bicyclic) bond motifs is 4. The number of carbonyl (C=O) groups excluding carboxylic acids is 4. The molecule has 5 N–H and O–H groups in total. The molecule has 17 heteroatoms. The second-order valence-corrected chi connectivity index (χ2v) is 19.8. The molecule has 354 valence electrons. The van der Waals surface area contributed by atoms with Crippen LogP contribution >= 0.6 is 11.3 Å². The third-order valence-corrected chi connectivity index (χ3v) is 14.8. The number of rotatable bonds is 12. The Morgan fingerprint density at radius 1 is 1.01 bits per heavy atom. The summed E-state index contributed by atoms with van der Waals surface area (Å²) in [4.78, 5) is 83.0. The van der Waals surface area contributed by atoms with E-state index in [0.29, 0.717) is 65.3 Å². The molecule has 1 unspecified atom stereocenters. The molecule has 2 saturated carbocycles. The molecule has 4 aromatic rings. The van der Waals surface area contributed by atoms with Crippen LogP contribution in [-0.4, -0.2) is 117 Å². The minimum absolute atomic E-state index is 0.00215. The zero-order valence-electron chi connectivity index (χ0n) is 38.3. The van der Waals surface area contributed by atoms with Crippen LogP contribution in [0.25, 0.3) is 22.3 Å². The lowest BCUT2D eigenvalue weighted by molar-refractivity contribution is -0.145. The van der Waals surface area contributed by atoms with Gasteiger partial charge in [-0.2, -0.15) is 0 Å². The number of anilines is 1. The van der Waals surface area contributed by atoms with Gasteiger partial charge in [-0.25, -0.2) is 19.6 Å². The lowest BCUT2D eigenvalue weighted by atomic mass is 9.79. The number of hydrogen-bond acceptors (Lipinski definition) is 11. The number of allylic oxidation sites excluding steroid dienone is 1. The fourth-order valence-corrected chi connectivity index (χ4v) is 10.8. The fraction of sp³-hybridized carbons (Fsp3) is 0.500. The first kappa shape index (κ1) is 45.9. The van der Waals surface area contributed by atoms with Crippen molar-refractivity contribution in [3.8, 4) is 22.9 Å². The number of pyridine rings is 1. The summed E-state index contributed by atoms with van der Waals surface area (Å²) in [6.45, 7) is 4.98. The van der Waals surface area contributed by atoms with Gasteiger partial charge in [0.1, 0.15) is 40.9 Å². The number of thiazole rings is 1. The molecule has 0 radical (unpaired) electrons. The monoisotopic (exact) mass is 932 g/mol. The van der Waals surface area contributed by atoms with Gasteiger partial charge in [0, 0.05) is 59.9 Å². The van der Waals surface area contributed by atoms with Crippen molar-refractivity contribution >= 4 is 57.1 Å². The zero-order chi connectivity index (χ0) is 46.8. The topological polar surface area (TPSA) is 204 Å². The summed E-state index contributed by atoms with van der Waals surface area (Å²) in [6.07, 6.45) is 10.3. The molecule has 5 amide bonds. The minimum Gasteiger partial charge on any atom is -0.497 e. The Labute approximate surface area is 394 Å². The Balaban J connectivity index is 0.989. The summed E-state index contributed by atoms with van der Waals surface area (Å²) >= 11 is 1.46. The maximum atomic E-state index is 15.0. The number of aliphatic carboxylic acids is 1. The quantitative estimate of drug-likeness (QED) is 0.0964. The number of carboxylic acid groups (broad SMARTS) is 1. The van der Waals surface area contributed by atoms with Gasteiger partial charge in [-0.15, -0.1) is 11.3 Å². The van der Waals surface area contributed by atoms with Crippen molar-refractivity contribution in [1.82, 2.24) is 35.7 Å². The van der Waals surface area contributed by atoms with Crippen LogP contribution in [0.5, 0.6) is 11.5 Å². The summed E-state index contributed by atoms with van der Waals surface area (Å²) in [5, 5.41) is 26.1. The number of amides is 5. The van der Waals surface area contributed by atoms with Crippen LogP contribution in [0.4, 0.5) is 9.93 Å². The number of methoxy groups -OCH3 is 1. The van der Waals surface area contributed by atoms with E-state index in [1.807, 2.05) is 84.8 Å². The van der Waals surface area contributed by atoms with Crippen LogP contribution in [0.2, 0.25) is 0 Å². The van der Waals surface area contributed by atoms with Gasteiger partial charge in [-0.1, -0.05) is 49.6 Å². The fourth-order valence-electron chi connectivity index (χ4n) is 9.97. The van der Waals surface area contributed by atoms with Crippen LogP contribution in [0.15, 0.2) is 66.1 Å². The summed E-state index contributed by atoms with van der Waals surface area (Å²) < 4.78 is 12.3. The van der Waals surface area contributed by atoms with Gasteiger partial charge in [-0.3, -0.25) is 14.4 Å². The Morgan fingerprint density at radius 2 is 1.85 bits per heavy atom. The summed E-state index contributed by atoms with van der Waals surface area (Å²) in [6, 6.07) is 12.2. The van der Waals surface area contributed by atoms with E-state index in [0.717, 1.165) is 55.6 Å². The Morgan fingerprint density at radius 3 is 2.63 bits per heavy atom. The largest absolute Gasteiger partial charge is 0.497 e. The zero-order valence-corrected chi connectivity index (χ0v) is 39.1. The molecule has 2 aromatic carbocycles. The highest BCUT2D eigenvalue weighted by Gasteiger charge is 2.61. The SMILES string of the molecule is COc1ccc2c(O[C@@H]3C[C@H]4C(=O)N[C@]5(C(=O)O)CC5/C=C\CCCCC[C@@H](NC(=O)N[C@H](CN5CCc6ccccc6C5=O)C5CCC5)C(=O)N4C3)cc(-c3csc(NC(C)C)n3)nc2c1. The highest BCUT2D eigenvalue weighted by Crippen LogP contribution is 2.46. The number of benzene rings is 2. The molecular formula is C50H60N8O8S. The average molecular weight is 933 g/mol. The maximum absolute atomic E-state index is 15.0. The van der Waals surface area contributed by atoms with Crippen molar-refractivity contribution < 1.29 is 38.6 Å². The number of nitrogens with one attached hydrogen (secondary N) is 4. The van der Waals surface area contributed by atoms with Crippen LogP contribution in [0, 0.1) is 11.8 Å². The van der Waals surface area contributed by atoms with E-state index >= 15 is 4.79 Å². The van der Waals surface area contributed by atoms with Gasteiger partial charge in [0.15, 0.2) is 5.13 Å². The van der Waals surface area contributed by atoms with Crippen LogP contribution < -0.4 is 30.7 Å². The van der Waals surface area contributed by atoms with E-state index in [9.17, 15) is 24.3 Å². The Kier molecular flexibility index (Phi) is 13.4. The van der Waals surface area contributed by atoms with E-state index in [4.69, 9.17) is 19.4 Å². The number of aromatic nitrogens is 2. The molecule has 1 saturated heterocycles. The molecule has 2 aliphatic carbocycles. The molecule has 5 heterocycles. The van der Waals surface area contributed by atoms with Crippen molar-refractivity contribution in [2.75, 3.05) is 32.1 Å². The number of urea groups is 1. The molecular weight excluding hydrogens is 873 g/mol. The van der Waals surface area contributed by atoms with E-state index < -0.39 is 47.5 Å². The normalized spacial score (nSPS) is 25.3. The highest BCUT2D eigenvalue weighted by atomic mass is 32.1. The summed E-state index contributed by atoms with van der Waals surface area (Å²) in [5.74, 6) is -1.35. The predicted octanol–water partition coefficient (Wildman–Crippen LogP) is 6.55. The smallest absolute Gasteiger partial charge is 0.330 e. The van der Waals surface area contributed by atoms with Crippen LogP contribution in [-0.2, 0) is 20.8 Å². The first-order valence-corrected chi connectivity index (χ1v) is 24.6. The number of hydrogen-bond donors (Lipinski definition) is 5. The number of ether oxygens (including phenoxy) is 2. The van der Waals surface area contributed by atoms with Crippen LogP contribution in [0.1, 0.15) is 94.0 Å². The summed E-state index contributed by atoms with van der Waals surface area (Å²) in [7, 11) is 1.58. The van der Waals surface area contributed by atoms with Gasteiger partial charge in [-0.05, 0) is 88.5 Å². The molecule has 6 atom stereocenters. The average Bonchev–Trinajstić information content (AvgIpc) is 3.55. The van der Waals surface area contributed by atoms with Crippen molar-refractivity contribution in [3.05, 3.63) is 77.2 Å². The Bertz CT molecular complexity index is 2560. The van der Waals surface area contributed by atoms with Gasteiger partial charge in [0.2, 0.25) is 11.8 Å². The maximum Gasteiger partial charge on any atom is 0.330 e. The summed E-state index contributed by atoms with van der Waals surface area (Å²) in [5.41, 5.74) is 2.02. The Hall–Kier alpha value is -6.23. The van der Waals surface area contributed by atoms with Gasteiger partial charge in [0.05, 0.1) is 30.9 Å². The standard InChI is InChI=1S/C50H60N8O8S/c1-29(2)51-49-55-41(28-67-49)39-24-43(36-19-18-33(65-3)22-38(36)52-39)66-34-23-42-44(59)56-50(47(62)63)25-32(50)15-7-5-4-6-8-17-37(46(61)58(42)26-34)53-48(64)54-40(31-13-11-14-31)27-57-21-20-30-12-9-10-16-35(30)45(57)60/h7,9-10,12,15-16,18-19,22,24,28-29,31-32,34,37,40,42H,4-6,8,11,13-14,17,20-21,23,25-27H2,1-3H3,(H,51,55)(H,56,59)(H,62,63)(H2,53,54,64)/b15-7-/t32?,34-,37-,40-,42+,50-/m1/s1. The van der Waals surface area contributed by atoms with Crippen LogP contribution in [0.3, 0.4) is 0 Å². The second kappa shape index (κ2) is 19.5. The molecule has 3 fully saturated rings. The van der Waals surface area contributed by atoms with Crippen molar-refractivity contribution in [2.45, 2.75) is 120 Å². The van der Waals surface area contributed by atoms with E-state index in [1.54, 1.807) is 7.11 Å². The molecule has 67 heavy (non-hydrogen) atoms. The minimum atomic E-state index is -1.49. The molecule has 3 aliphatic heterocycles. The van der Waals surface area contributed by atoms with Crippen molar-refractivity contribution in [2.24, 2.45) is 11.8 Å². The third-order valence-electron chi connectivity index (χ3n) is 14.0. The number of carbonyl (C=O) groups is 5. The van der Waals surface area contributed by atoms with E-state index in [1.165, 1.54) is 16.2 Å². The second-order valence-electron chi connectivity index (χ2n) is 19.0. The lowest BCUT2D eigenvalue weighted by Crippen LogP contribution is -2.59. The van der Waals surface area contributed by atoms with E-state index in [-0.39, 0.29) is 49.2 Å². The van der Waals surface area contributed by atoms with Crippen molar-refractivity contribution in [3.63, 3.8) is 0 Å². The number of carboxylic acids is 1. The first-order valence-electron chi connectivity index (χ1n) is 23.7. The first-order chi connectivity index (χ1) is 32.4. The molecule has 0 bridgehead atoms.